The van der Waals surface area contributed by atoms with Gasteiger partial charge in [-0.15, -0.1) is 0 Å². The smallest absolute Gasteiger partial charge is 0.549 e. The average Bonchev–Trinajstić information content (AvgIpc) is 2.48. The maximum Gasteiger partial charge on any atom is 1.00 e. The van der Waals surface area contributed by atoms with E-state index in [0.717, 1.165) is 5.56 Å². The van der Waals surface area contributed by atoms with Crippen LogP contribution < -0.4 is 24.0 Å². The van der Waals surface area contributed by atoms with Crippen molar-refractivity contribution in [2.24, 2.45) is 5.92 Å². The van der Waals surface area contributed by atoms with Crippen molar-refractivity contribution in [1.82, 2.24) is 9.80 Å². The maximum atomic E-state index is 12.4. The van der Waals surface area contributed by atoms with Gasteiger partial charge in [-0.2, -0.15) is 0 Å². The molecule has 0 spiro atoms. The van der Waals surface area contributed by atoms with Crippen molar-refractivity contribution < 1.29 is 38.7 Å². The normalized spacial score (nSPS) is 19.7. The van der Waals surface area contributed by atoms with Crippen LogP contribution in [0.3, 0.4) is 0 Å². The Labute approximate surface area is 148 Å². The van der Waals surface area contributed by atoms with E-state index in [9.17, 15) is 14.7 Å². The molecule has 1 amide bonds. The second-order valence-corrected chi connectivity index (χ2v) is 5.69. The van der Waals surface area contributed by atoms with Gasteiger partial charge >= 0.3 is 18.9 Å². The molecular weight excluding hydrogens is 291 g/mol. The van der Waals surface area contributed by atoms with Gasteiger partial charge in [-0.05, 0) is 19.0 Å². The van der Waals surface area contributed by atoms with Crippen LogP contribution in [0, 0.1) is 5.92 Å². The minimum atomic E-state index is -1.52. The van der Waals surface area contributed by atoms with Gasteiger partial charge in [0.25, 0.3) is 0 Å². The zero-order chi connectivity index (χ0) is 16.1. The summed E-state index contributed by atoms with van der Waals surface area (Å²) < 4.78 is 0. The molecular formula is C16H21LiN2O4. The van der Waals surface area contributed by atoms with Crippen LogP contribution in [0.5, 0.6) is 0 Å². The Bertz CT molecular complexity index is 526. The van der Waals surface area contributed by atoms with E-state index >= 15 is 0 Å². The average molecular weight is 312 g/mol. The summed E-state index contributed by atoms with van der Waals surface area (Å²) in [5.41, 5.74) is 1.09. The van der Waals surface area contributed by atoms with Crippen molar-refractivity contribution >= 4 is 11.9 Å². The minimum absolute atomic E-state index is 0. The number of carbonyl (C=O) groups excluding carboxylic acids is 2. The third-order valence-corrected chi connectivity index (χ3v) is 4.05. The van der Waals surface area contributed by atoms with Crippen molar-refractivity contribution in [3.8, 4) is 0 Å². The van der Waals surface area contributed by atoms with Crippen LogP contribution in [0.15, 0.2) is 30.3 Å². The largest absolute Gasteiger partial charge is 1.00 e. The Morgan fingerprint density at radius 1 is 1.30 bits per heavy atom. The molecule has 0 saturated carbocycles. The molecule has 0 bridgehead atoms. The fourth-order valence-corrected chi connectivity index (χ4v) is 2.82. The molecule has 0 aliphatic carbocycles. The minimum Gasteiger partial charge on any atom is -0.549 e. The van der Waals surface area contributed by atoms with Crippen LogP contribution >= 0.6 is 0 Å². The molecule has 2 rings (SSSR count). The molecule has 1 aromatic rings. The van der Waals surface area contributed by atoms with Crippen molar-refractivity contribution in [1.29, 1.82) is 0 Å². The van der Waals surface area contributed by atoms with Crippen LogP contribution in [0.2, 0.25) is 0 Å². The van der Waals surface area contributed by atoms with Crippen molar-refractivity contribution in [3.05, 3.63) is 35.9 Å². The third kappa shape index (κ3) is 5.08. The van der Waals surface area contributed by atoms with Crippen LogP contribution in [0.4, 0.5) is 0 Å². The van der Waals surface area contributed by atoms with E-state index < -0.39 is 24.4 Å². The zero-order valence-corrected chi connectivity index (χ0v) is 13.6. The molecule has 23 heavy (non-hydrogen) atoms. The molecule has 0 aromatic heterocycles. The number of aliphatic carboxylic acids is 1. The van der Waals surface area contributed by atoms with E-state index in [1.807, 2.05) is 37.4 Å². The van der Waals surface area contributed by atoms with Crippen LogP contribution in [-0.4, -0.2) is 66.1 Å². The summed E-state index contributed by atoms with van der Waals surface area (Å²) in [6.07, 6.45) is 0.655. The number of hydrogen-bond acceptors (Lipinski definition) is 5. The first kappa shape index (κ1) is 19.7. The third-order valence-electron chi connectivity index (χ3n) is 4.05. The summed E-state index contributed by atoms with van der Waals surface area (Å²) in [4.78, 5) is 27.1. The number of aliphatic hydroxyl groups is 1. The zero-order valence-electron chi connectivity index (χ0n) is 13.6. The van der Waals surface area contributed by atoms with Crippen molar-refractivity contribution in [3.63, 3.8) is 0 Å². The molecule has 120 valence electrons. The molecule has 6 nitrogen and oxygen atoms in total. The van der Waals surface area contributed by atoms with Gasteiger partial charge in [-0.3, -0.25) is 4.79 Å². The summed E-state index contributed by atoms with van der Waals surface area (Å²) in [7, 11) is 1.97. The number of benzene rings is 1. The fourth-order valence-electron chi connectivity index (χ4n) is 2.82. The summed E-state index contributed by atoms with van der Waals surface area (Å²) in [5.74, 6) is -3.57. The first-order valence-electron chi connectivity index (χ1n) is 7.37. The Hall–Kier alpha value is -1.32. The summed E-state index contributed by atoms with van der Waals surface area (Å²) >= 11 is 0. The number of carboxylic acid groups (broad SMARTS) is 1. The topological polar surface area (TPSA) is 83.9 Å². The van der Waals surface area contributed by atoms with E-state index in [0.29, 0.717) is 26.1 Å². The predicted octanol–water partition coefficient (Wildman–Crippen LogP) is -4.27. The van der Waals surface area contributed by atoms with Gasteiger partial charge in [-0.1, -0.05) is 30.3 Å². The van der Waals surface area contributed by atoms with E-state index in [1.165, 1.54) is 0 Å². The number of amides is 1. The second-order valence-electron chi connectivity index (χ2n) is 5.69. The first-order valence-corrected chi connectivity index (χ1v) is 7.37. The van der Waals surface area contributed by atoms with Gasteiger partial charge < -0.3 is 24.8 Å². The van der Waals surface area contributed by atoms with Crippen LogP contribution in [0.25, 0.3) is 0 Å². The fraction of sp³-hybridized carbons (Fsp3) is 0.500. The molecule has 1 aliphatic rings. The Balaban J connectivity index is 0.00000264. The number of likely N-dealkylation sites (N-methyl/N-ethyl adjacent to an activating group) is 1. The number of nitrogens with zero attached hydrogens (tertiary/aromatic N) is 2. The number of carbonyl (C=O) groups is 2. The molecule has 1 fully saturated rings. The Kier molecular flexibility index (Phi) is 7.80. The van der Waals surface area contributed by atoms with Crippen LogP contribution in [-0.2, 0) is 16.0 Å². The molecule has 1 aliphatic heterocycles. The van der Waals surface area contributed by atoms with Gasteiger partial charge in [0.15, 0.2) is 0 Å². The molecule has 1 aromatic carbocycles. The van der Waals surface area contributed by atoms with Gasteiger partial charge in [0.2, 0.25) is 5.91 Å². The number of aliphatic hydroxyl groups excluding tert-OH is 1. The van der Waals surface area contributed by atoms with Crippen molar-refractivity contribution in [2.75, 3.05) is 33.3 Å². The Morgan fingerprint density at radius 2 is 1.96 bits per heavy atom. The molecule has 7 heteroatoms. The molecule has 1 N–H and O–H groups in total. The second kappa shape index (κ2) is 9.09. The molecule has 1 saturated heterocycles. The maximum absolute atomic E-state index is 12.4. The first-order chi connectivity index (χ1) is 10.5. The molecule has 1 heterocycles. The molecule has 2 atom stereocenters. The van der Waals surface area contributed by atoms with E-state index in [4.69, 9.17) is 5.11 Å². The monoisotopic (exact) mass is 312 g/mol. The van der Waals surface area contributed by atoms with E-state index in [-0.39, 0.29) is 24.9 Å². The van der Waals surface area contributed by atoms with Gasteiger partial charge in [0.1, 0.15) is 5.92 Å². The molecule has 0 radical (unpaired) electrons. The standard InChI is InChI=1S/C16H22N2O4.Li/c1-17-7-8-18(15(20)14(11-19)16(21)22)13(10-17)9-12-5-3-2-4-6-12;/h2-6,13-14,19H,7-11H2,1H3,(H,21,22);/q;+1/p-1/t13?,14-;/m0./s1. The van der Waals surface area contributed by atoms with Crippen LogP contribution in [0.1, 0.15) is 5.56 Å². The van der Waals surface area contributed by atoms with Gasteiger partial charge in [-0.25, -0.2) is 0 Å². The van der Waals surface area contributed by atoms with E-state index in [1.54, 1.807) is 4.90 Å². The number of carboxylic acids is 1. The quantitative estimate of drug-likeness (QED) is 0.440. The number of piperazine rings is 1. The van der Waals surface area contributed by atoms with Gasteiger partial charge in [0, 0.05) is 25.7 Å². The summed E-state index contributed by atoms with van der Waals surface area (Å²) in [5, 5.41) is 20.2. The summed E-state index contributed by atoms with van der Waals surface area (Å²) in [6, 6.07) is 9.66. The number of rotatable bonds is 5. The van der Waals surface area contributed by atoms with Crippen molar-refractivity contribution in [2.45, 2.75) is 12.5 Å². The number of hydrogen-bond donors (Lipinski definition) is 1. The predicted molar refractivity (Wildman–Crippen MR) is 78.7 cm³/mol. The van der Waals surface area contributed by atoms with Gasteiger partial charge in [0.05, 0.1) is 12.6 Å². The van der Waals surface area contributed by atoms with E-state index in [2.05, 4.69) is 4.90 Å². The summed E-state index contributed by atoms with van der Waals surface area (Å²) in [6.45, 7) is 1.08. The molecule has 1 unspecified atom stereocenters. The Morgan fingerprint density at radius 3 is 2.52 bits per heavy atom. The SMILES string of the molecule is CN1CCN(C(=O)[C@H](CO)C(=O)[O-])C(Cc2ccccc2)C1.[Li+].